The smallest absolute Gasteiger partial charge is 0.392 e. The molecule has 1 unspecified atom stereocenters. The minimum absolute atomic E-state index is 0.0391. The number of alkyl halides is 3. The molecule has 0 aromatic carbocycles. The maximum atomic E-state index is 12.5. The summed E-state index contributed by atoms with van der Waals surface area (Å²) in [5.74, 6) is -2.18. The fourth-order valence-corrected chi connectivity index (χ4v) is 3.54. The average Bonchev–Trinajstić information content (AvgIpc) is 2.14. The second-order valence-corrected chi connectivity index (χ2v) is 6.45. The van der Waals surface area contributed by atoms with Crippen LogP contribution in [0.25, 0.3) is 0 Å². The molecule has 2 N–H and O–H groups in total. The molecule has 0 aromatic rings. The Bertz CT molecular complexity index is 394. The lowest BCUT2D eigenvalue weighted by Gasteiger charge is -2.32. The maximum absolute atomic E-state index is 12.5. The van der Waals surface area contributed by atoms with Gasteiger partial charge < -0.3 is 5.73 Å². The lowest BCUT2D eigenvalue weighted by Crippen LogP contribution is -2.46. The number of hydrogen-bond donors (Lipinski definition) is 1. The van der Waals surface area contributed by atoms with E-state index in [0.29, 0.717) is 0 Å². The van der Waals surface area contributed by atoms with Crippen molar-refractivity contribution in [3.8, 4) is 0 Å². The molecule has 4 nitrogen and oxygen atoms in total. The van der Waals surface area contributed by atoms with Crippen molar-refractivity contribution in [2.75, 3.05) is 18.8 Å². The van der Waals surface area contributed by atoms with Gasteiger partial charge in [-0.1, -0.05) is 12.2 Å². The van der Waals surface area contributed by atoms with Crippen molar-refractivity contribution in [2.45, 2.75) is 19.0 Å². The van der Waals surface area contributed by atoms with Gasteiger partial charge in [-0.25, -0.2) is 12.7 Å². The Kier molecular flexibility index (Phi) is 4.37. The summed E-state index contributed by atoms with van der Waals surface area (Å²) in [7, 11) is -3.81. The lowest BCUT2D eigenvalue weighted by molar-refractivity contribution is -0.182. The Morgan fingerprint density at radius 2 is 2.06 bits per heavy atom. The average molecular weight is 290 g/mol. The molecule has 1 aliphatic heterocycles. The topological polar surface area (TPSA) is 63.4 Å². The number of hydrogen-bond acceptors (Lipinski definition) is 3. The van der Waals surface area contributed by atoms with Crippen LogP contribution in [0.3, 0.4) is 0 Å². The van der Waals surface area contributed by atoms with Crippen molar-refractivity contribution in [3.05, 3.63) is 0 Å². The monoisotopic (exact) mass is 290 g/mol. The van der Waals surface area contributed by atoms with E-state index in [9.17, 15) is 21.6 Å². The second-order valence-electron chi connectivity index (χ2n) is 3.96. The third-order valence-corrected chi connectivity index (χ3v) is 4.69. The zero-order valence-corrected chi connectivity index (χ0v) is 10.5. The largest absolute Gasteiger partial charge is 0.393 e. The number of rotatable bonds is 3. The van der Waals surface area contributed by atoms with Crippen molar-refractivity contribution in [1.82, 2.24) is 4.31 Å². The molecular formula is C8H13F3N2O2S2. The predicted octanol–water partition coefficient (Wildman–Crippen LogP) is 0.877. The van der Waals surface area contributed by atoms with Gasteiger partial charge in [-0.15, -0.1) is 0 Å². The van der Waals surface area contributed by atoms with Crippen LogP contribution >= 0.6 is 12.2 Å². The Hall–Kier alpha value is -0.410. The third-order valence-electron chi connectivity index (χ3n) is 2.57. The Morgan fingerprint density at radius 1 is 1.47 bits per heavy atom. The van der Waals surface area contributed by atoms with Gasteiger partial charge in [0.05, 0.1) is 10.9 Å². The fraction of sp³-hybridized carbons (Fsp3) is 0.875. The van der Waals surface area contributed by atoms with E-state index in [-0.39, 0.29) is 24.4 Å². The Balaban J connectivity index is 2.76. The van der Waals surface area contributed by atoms with Crippen LogP contribution in [0.2, 0.25) is 0 Å². The fourth-order valence-electron chi connectivity index (χ4n) is 1.73. The van der Waals surface area contributed by atoms with Crippen molar-refractivity contribution in [1.29, 1.82) is 0 Å². The van der Waals surface area contributed by atoms with E-state index < -0.39 is 34.4 Å². The highest BCUT2D eigenvalue weighted by Gasteiger charge is 2.44. The van der Waals surface area contributed by atoms with Crippen molar-refractivity contribution in [3.63, 3.8) is 0 Å². The van der Waals surface area contributed by atoms with E-state index in [0.717, 1.165) is 4.31 Å². The maximum Gasteiger partial charge on any atom is 0.393 e. The summed E-state index contributed by atoms with van der Waals surface area (Å²) in [5, 5.41) is 0. The SMILES string of the molecule is NC(=S)CS(=O)(=O)N1CCCC(C(F)(F)F)C1. The molecule has 0 amide bonds. The number of nitrogens with two attached hydrogens (primary N) is 1. The van der Waals surface area contributed by atoms with Gasteiger partial charge >= 0.3 is 6.18 Å². The molecule has 0 aliphatic carbocycles. The normalized spacial score (nSPS) is 23.6. The van der Waals surface area contributed by atoms with Crippen molar-refractivity contribution >= 4 is 27.2 Å². The molecule has 0 bridgehead atoms. The highest BCUT2D eigenvalue weighted by atomic mass is 32.2. The van der Waals surface area contributed by atoms with Crippen LogP contribution in [-0.4, -0.2) is 42.7 Å². The molecule has 1 saturated heterocycles. The van der Waals surface area contributed by atoms with Gasteiger partial charge in [0.1, 0.15) is 5.75 Å². The number of nitrogens with zero attached hydrogens (tertiary/aromatic N) is 1. The van der Waals surface area contributed by atoms with Crippen molar-refractivity contribution < 1.29 is 21.6 Å². The van der Waals surface area contributed by atoms with E-state index in [1.165, 1.54) is 0 Å². The molecule has 1 aliphatic rings. The van der Waals surface area contributed by atoms with E-state index >= 15 is 0 Å². The number of thiocarbonyl (C=S) groups is 1. The first kappa shape index (κ1) is 14.7. The summed E-state index contributed by atoms with van der Waals surface area (Å²) in [6.45, 7) is -0.439. The van der Waals surface area contributed by atoms with Crippen LogP contribution in [-0.2, 0) is 10.0 Å². The molecule has 1 fully saturated rings. The van der Waals surface area contributed by atoms with Gasteiger partial charge in [-0.05, 0) is 12.8 Å². The van der Waals surface area contributed by atoms with Gasteiger partial charge in [-0.3, -0.25) is 0 Å². The van der Waals surface area contributed by atoms with E-state index in [2.05, 4.69) is 12.2 Å². The van der Waals surface area contributed by atoms with Crippen LogP contribution in [0.5, 0.6) is 0 Å². The summed E-state index contributed by atoms with van der Waals surface area (Å²) in [5.41, 5.74) is 5.11. The van der Waals surface area contributed by atoms with Gasteiger partial charge in [0.15, 0.2) is 0 Å². The van der Waals surface area contributed by atoms with Gasteiger partial charge in [0, 0.05) is 13.1 Å². The van der Waals surface area contributed by atoms with Crippen molar-refractivity contribution in [2.24, 2.45) is 11.7 Å². The first-order chi connectivity index (χ1) is 7.63. The minimum atomic E-state index is -4.36. The third kappa shape index (κ3) is 4.07. The summed E-state index contributed by atoms with van der Waals surface area (Å²) < 4.78 is 61.6. The molecule has 0 saturated carbocycles. The Morgan fingerprint density at radius 3 is 2.53 bits per heavy atom. The first-order valence-corrected chi connectivity index (χ1v) is 6.97. The molecule has 100 valence electrons. The number of sulfonamides is 1. The quantitative estimate of drug-likeness (QED) is 0.784. The molecule has 0 aromatic heterocycles. The van der Waals surface area contributed by atoms with E-state index in [4.69, 9.17) is 5.73 Å². The lowest BCUT2D eigenvalue weighted by atomic mass is 9.99. The van der Waals surface area contributed by atoms with Gasteiger partial charge in [-0.2, -0.15) is 13.2 Å². The minimum Gasteiger partial charge on any atom is -0.392 e. The standard InChI is InChI=1S/C8H13F3N2O2S2/c9-8(10,11)6-2-1-3-13(4-6)17(14,15)5-7(12)16/h6H,1-5H2,(H2,12,16). The van der Waals surface area contributed by atoms with Crippen LogP contribution in [0, 0.1) is 5.92 Å². The molecule has 0 radical (unpaired) electrons. The van der Waals surface area contributed by atoms with Gasteiger partial charge in [0.25, 0.3) is 0 Å². The van der Waals surface area contributed by atoms with Crippen LogP contribution in [0.15, 0.2) is 0 Å². The highest BCUT2D eigenvalue weighted by molar-refractivity contribution is 7.92. The zero-order chi connectivity index (χ0) is 13.3. The molecule has 9 heteroatoms. The first-order valence-electron chi connectivity index (χ1n) is 4.96. The molecule has 0 spiro atoms. The number of halogens is 3. The van der Waals surface area contributed by atoms with Gasteiger partial charge in [0.2, 0.25) is 10.0 Å². The zero-order valence-electron chi connectivity index (χ0n) is 8.90. The second kappa shape index (κ2) is 5.07. The summed E-state index contributed by atoms with van der Waals surface area (Å²) in [6.07, 6.45) is -4.21. The molecular weight excluding hydrogens is 277 g/mol. The molecule has 1 heterocycles. The van der Waals surface area contributed by atoms with Crippen LogP contribution in [0.4, 0.5) is 13.2 Å². The van der Waals surface area contributed by atoms with Crippen LogP contribution in [0.1, 0.15) is 12.8 Å². The predicted molar refractivity (Wildman–Crippen MR) is 60.9 cm³/mol. The molecule has 1 rings (SSSR count). The highest BCUT2D eigenvalue weighted by Crippen LogP contribution is 2.33. The molecule has 17 heavy (non-hydrogen) atoms. The van der Waals surface area contributed by atoms with E-state index in [1.54, 1.807) is 0 Å². The Labute approximate surface area is 103 Å². The summed E-state index contributed by atoms with van der Waals surface area (Å²) >= 11 is 4.47. The number of piperidine rings is 1. The summed E-state index contributed by atoms with van der Waals surface area (Å²) in [6, 6.07) is 0. The van der Waals surface area contributed by atoms with E-state index in [1.807, 2.05) is 0 Å². The molecule has 1 atom stereocenters. The van der Waals surface area contributed by atoms with Crippen LogP contribution < -0.4 is 5.73 Å². The summed E-state index contributed by atoms with van der Waals surface area (Å²) in [4.78, 5) is -0.237.